The van der Waals surface area contributed by atoms with Gasteiger partial charge in [0, 0.05) is 6.54 Å². The number of amides is 1. The zero-order chi connectivity index (χ0) is 11.1. The second-order valence-corrected chi connectivity index (χ2v) is 4.25. The third kappa shape index (κ3) is 1.57. The molecule has 0 bridgehead atoms. The van der Waals surface area contributed by atoms with Gasteiger partial charge in [0.25, 0.3) is 0 Å². The second kappa shape index (κ2) is 3.24. The molecule has 0 aliphatic carbocycles. The van der Waals surface area contributed by atoms with E-state index in [-0.39, 0.29) is 5.91 Å². The lowest BCUT2D eigenvalue weighted by atomic mass is 9.98. The molecule has 0 saturated heterocycles. The van der Waals surface area contributed by atoms with E-state index in [4.69, 9.17) is 5.73 Å². The normalized spacial score (nSPS) is 17.7. The molecule has 0 fully saturated rings. The predicted octanol–water partition coefficient (Wildman–Crippen LogP) is 1.29. The number of rotatable bonds is 1. The van der Waals surface area contributed by atoms with Crippen molar-refractivity contribution in [3.63, 3.8) is 0 Å². The van der Waals surface area contributed by atoms with Crippen molar-refractivity contribution in [1.29, 1.82) is 0 Å². The molecule has 0 saturated carbocycles. The number of hydrogen-bond acceptors (Lipinski definition) is 3. The fraction of sp³-hybridized carbons (Fsp3) is 0.364. The third-order valence-electron chi connectivity index (χ3n) is 2.62. The number of nitrogens with one attached hydrogen (secondary N) is 2. The van der Waals surface area contributed by atoms with Crippen LogP contribution in [-0.4, -0.2) is 11.4 Å². The van der Waals surface area contributed by atoms with E-state index in [0.717, 1.165) is 16.9 Å². The van der Waals surface area contributed by atoms with Gasteiger partial charge in [-0.1, -0.05) is 12.1 Å². The quantitative estimate of drug-likeness (QED) is 0.647. The molecule has 1 amide bonds. The Balaban J connectivity index is 2.49. The van der Waals surface area contributed by atoms with Crippen LogP contribution < -0.4 is 16.4 Å². The van der Waals surface area contributed by atoms with Crippen LogP contribution in [0.15, 0.2) is 18.2 Å². The van der Waals surface area contributed by atoms with Crippen molar-refractivity contribution in [3.8, 4) is 0 Å². The molecule has 1 aliphatic rings. The van der Waals surface area contributed by atoms with Gasteiger partial charge in [0.05, 0.1) is 11.4 Å². The minimum atomic E-state index is -0.569. The van der Waals surface area contributed by atoms with Crippen molar-refractivity contribution >= 4 is 17.3 Å². The van der Waals surface area contributed by atoms with E-state index in [1.165, 1.54) is 0 Å². The van der Waals surface area contributed by atoms with Crippen molar-refractivity contribution in [2.45, 2.75) is 25.9 Å². The first-order valence-electron chi connectivity index (χ1n) is 4.96. The monoisotopic (exact) mass is 205 g/mol. The molecule has 1 aliphatic heterocycles. The Morgan fingerprint density at radius 3 is 2.80 bits per heavy atom. The van der Waals surface area contributed by atoms with Crippen molar-refractivity contribution in [1.82, 2.24) is 0 Å². The number of fused-ring (bicyclic) bond motifs is 1. The van der Waals surface area contributed by atoms with Crippen molar-refractivity contribution in [2.75, 3.05) is 10.6 Å². The fourth-order valence-electron chi connectivity index (χ4n) is 1.69. The maximum absolute atomic E-state index is 11.7. The minimum Gasteiger partial charge on any atom is -0.370 e. The number of carbonyl (C=O) groups is 1. The zero-order valence-electron chi connectivity index (χ0n) is 8.92. The molecule has 1 aromatic rings. The van der Waals surface area contributed by atoms with E-state index in [0.29, 0.717) is 6.54 Å². The molecule has 2 rings (SSSR count). The lowest BCUT2D eigenvalue weighted by molar-refractivity contribution is -0.119. The minimum absolute atomic E-state index is 0.0316. The first-order chi connectivity index (χ1) is 7.04. The number of hydrogen-bond donors (Lipinski definition) is 3. The number of para-hydroxylation sites is 1. The van der Waals surface area contributed by atoms with Crippen LogP contribution in [-0.2, 0) is 11.3 Å². The first kappa shape index (κ1) is 9.98. The summed E-state index contributed by atoms with van der Waals surface area (Å²) in [5.41, 5.74) is 7.73. The molecule has 80 valence electrons. The number of carbonyl (C=O) groups excluding carboxylic acids is 1. The van der Waals surface area contributed by atoms with Gasteiger partial charge in [0.2, 0.25) is 5.91 Å². The Morgan fingerprint density at radius 2 is 2.13 bits per heavy atom. The molecule has 0 spiro atoms. The molecule has 4 nitrogen and oxygen atoms in total. The molecule has 0 aromatic heterocycles. The van der Waals surface area contributed by atoms with Crippen molar-refractivity contribution in [3.05, 3.63) is 23.8 Å². The van der Waals surface area contributed by atoms with Crippen LogP contribution in [0, 0.1) is 0 Å². The van der Waals surface area contributed by atoms with Gasteiger partial charge in [-0.25, -0.2) is 0 Å². The summed E-state index contributed by atoms with van der Waals surface area (Å²) >= 11 is 0. The lowest BCUT2D eigenvalue weighted by Gasteiger charge is -2.33. The molecule has 0 unspecified atom stereocenters. The number of benzene rings is 1. The van der Waals surface area contributed by atoms with Crippen LogP contribution in [0.3, 0.4) is 0 Å². The molecule has 0 radical (unpaired) electrons. The molecule has 1 heterocycles. The van der Waals surface area contributed by atoms with E-state index in [2.05, 4.69) is 10.6 Å². The molecule has 1 aromatic carbocycles. The van der Waals surface area contributed by atoms with Gasteiger partial charge in [-0.3, -0.25) is 4.79 Å². The van der Waals surface area contributed by atoms with Crippen LogP contribution in [0.5, 0.6) is 0 Å². The first-order valence-corrected chi connectivity index (χ1v) is 4.96. The van der Waals surface area contributed by atoms with E-state index in [1.54, 1.807) is 0 Å². The highest BCUT2D eigenvalue weighted by molar-refractivity contribution is 6.06. The summed E-state index contributed by atoms with van der Waals surface area (Å²) in [5.74, 6) is -0.0316. The average molecular weight is 205 g/mol. The Kier molecular flexibility index (Phi) is 2.16. The molecule has 0 atom stereocenters. The molecule has 4 heteroatoms. The topological polar surface area (TPSA) is 67.2 Å². The largest absolute Gasteiger partial charge is 0.370 e. The lowest BCUT2D eigenvalue weighted by Crippen LogP contribution is -2.47. The number of nitrogens with two attached hydrogens (primary N) is 1. The molecular weight excluding hydrogens is 190 g/mol. The van der Waals surface area contributed by atoms with Crippen LogP contribution in [0.1, 0.15) is 19.4 Å². The fourth-order valence-corrected chi connectivity index (χ4v) is 1.69. The van der Waals surface area contributed by atoms with E-state index in [9.17, 15) is 4.79 Å². The Bertz CT molecular complexity index is 412. The van der Waals surface area contributed by atoms with Gasteiger partial charge in [0.15, 0.2) is 0 Å². The molecular formula is C11H15N3O. The SMILES string of the molecule is CC1(C)Nc2cccc(CN)c2NC1=O. The van der Waals surface area contributed by atoms with Crippen molar-refractivity contribution in [2.24, 2.45) is 5.73 Å². The van der Waals surface area contributed by atoms with Gasteiger partial charge in [-0.05, 0) is 25.5 Å². The summed E-state index contributed by atoms with van der Waals surface area (Å²) < 4.78 is 0. The Hall–Kier alpha value is -1.55. The summed E-state index contributed by atoms with van der Waals surface area (Å²) in [7, 11) is 0. The Labute approximate surface area is 88.9 Å². The van der Waals surface area contributed by atoms with E-state index >= 15 is 0 Å². The van der Waals surface area contributed by atoms with Gasteiger partial charge >= 0.3 is 0 Å². The predicted molar refractivity (Wildman–Crippen MR) is 60.7 cm³/mol. The van der Waals surface area contributed by atoms with Crippen molar-refractivity contribution < 1.29 is 4.79 Å². The van der Waals surface area contributed by atoms with Crippen LogP contribution >= 0.6 is 0 Å². The highest BCUT2D eigenvalue weighted by atomic mass is 16.2. The highest BCUT2D eigenvalue weighted by Crippen LogP contribution is 2.33. The summed E-state index contributed by atoms with van der Waals surface area (Å²) in [6, 6.07) is 5.79. The zero-order valence-corrected chi connectivity index (χ0v) is 8.92. The van der Waals surface area contributed by atoms with E-state index in [1.807, 2.05) is 32.0 Å². The standard InChI is InChI=1S/C11H15N3O/c1-11(2)10(15)13-9-7(6-12)4-3-5-8(9)14-11/h3-5,14H,6,12H2,1-2H3,(H,13,15). The van der Waals surface area contributed by atoms with Gasteiger partial charge in [-0.15, -0.1) is 0 Å². The second-order valence-electron chi connectivity index (χ2n) is 4.25. The van der Waals surface area contributed by atoms with E-state index < -0.39 is 5.54 Å². The van der Waals surface area contributed by atoms with Crippen LogP contribution in [0.2, 0.25) is 0 Å². The molecule has 15 heavy (non-hydrogen) atoms. The average Bonchev–Trinajstić information content (AvgIpc) is 2.18. The smallest absolute Gasteiger partial charge is 0.249 e. The Morgan fingerprint density at radius 1 is 1.40 bits per heavy atom. The molecule has 4 N–H and O–H groups in total. The van der Waals surface area contributed by atoms with Crippen LogP contribution in [0.25, 0.3) is 0 Å². The third-order valence-corrected chi connectivity index (χ3v) is 2.62. The van der Waals surface area contributed by atoms with Gasteiger partial charge < -0.3 is 16.4 Å². The summed E-state index contributed by atoms with van der Waals surface area (Å²) in [5, 5.41) is 6.08. The van der Waals surface area contributed by atoms with Crippen LogP contribution in [0.4, 0.5) is 11.4 Å². The summed E-state index contributed by atoms with van der Waals surface area (Å²) in [6.45, 7) is 4.12. The van der Waals surface area contributed by atoms with Gasteiger partial charge in [0.1, 0.15) is 5.54 Å². The maximum atomic E-state index is 11.7. The highest BCUT2D eigenvalue weighted by Gasteiger charge is 2.33. The summed E-state index contributed by atoms with van der Waals surface area (Å²) in [6.07, 6.45) is 0. The van der Waals surface area contributed by atoms with Gasteiger partial charge in [-0.2, -0.15) is 0 Å². The summed E-state index contributed by atoms with van der Waals surface area (Å²) in [4.78, 5) is 11.7. The number of anilines is 2. The maximum Gasteiger partial charge on any atom is 0.249 e.